The fourth-order valence-corrected chi connectivity index (χ4v) is 6.61. The van der Waals surface area contributed by atoms with Crippen LogP contribution in [0.5, 0.6) is 0 Å². The molecule has 0 aromatic carbocycles. The zero-order chi connectivity index (χ0) is 16.0. The van der Waals surface area contributed by atoms with Crippen molar-refractivity contribution in [3.63, 3.8) is 0 Å². The smallest absolute Gasteiger partial charge is 0.249 e. The van der Waals surface area contributed by atoms with Gasteiger partial charge in [-0.25, -0.2) is 18.8 Å². The summed E-state index contributed by atoms with van der Waals surface area (Å²) in [6, 6.07) is 0. The second-order valence-corrected chi connectivity index (χ2v) is 9.27. The molecular weight excluding hydrogens is 320 g/mol. The fraction of sp³-hybridized carbons (Fsp3) is 0.750. The highest BCUT2D eigenvalue weighted by Gasteiger charge is 2.50. The number of halogens is 2. The number of aliphatic hydroxyl groups is 1. The maximum absolute atomic E-state index is 13.3. The second-order valence-electron chi connectivity index (χ2n) is 7.09. The van der Waals surface area contributed by atoms with E-state index in [0.717, 1.165) is 11.5 Å². The molecule has 2 atom stereocenters. The summed E-state index contributed by atoms with van der Waals surface area (Å²) in [6.07, 6.45) is 9.96. The molecule has 1 aromatic rings. The predicted molar refractivity (Wildman–Crippen MR) is 88.6 cm³/mol. The van der Waals surface area contributed by atoms with Crippen LogP contribution < -0.4 is 0 Å². The summed E-state index contributed by atoms with van der Waals surface area (Å²) >= 11 is -1.08. The first-order chi connectivity index (χ1) is 11.0. The Labute approximate surface area is 137 Å². The van der Waals surface area contributed by atoms with Crippen molar-refractivity contribution in [3.8, 4) is 0 Å². The lowest BCUT2D eigenvalue weighted by Gasteiger charge is -2.39. The van der Waals surface area contributed by atoms with Crippen LogP contribution in [0.3, 0.4) is 0 Å². The van der Waals surface area contributed by atoms with Crippen LogP contribution in [-0.4, -0.2) is 30.5 Å². The Morgan fingerprint density at radius 1 is 1.30 bits per heavy atom. The summed E-state index contributed by atoms with van der Waals surface area (Å²) in [5.74, 6) is -1.48. The van der Waals surface area contributed by atoms with Gasteiger partial charge in [-0.05, 0) is 12.3 Å². The molecule has 1 aromatic heterocycles. The summed E-state index contributed by atoms with van der Waals surface area (Å²) in [5, 5.41) is 11.6. The van der Waals surface area contributed by atoms with Gasteiger partial charge < -0.3 is 5.11 Å². The summed E-state index contributed by atoms with van der Waals surface area (Å²) < 4.78 is 28.5. The summed E-state index contributed by atoms with van der Waals surface area (Å²) in [7, 11) is 0. The van der Waals surface area contributed by atoms with Crippen molar-refractivity contribution in [1.29, 1.82) is 0 Å². The molecule has 128 valence electrons. The Balaban J connectivity index is 1.51. The predicted octanol–water partition coefficient (Wildman–Crippen LogP) is 4.03. The summed E-state index contributed by atoms with van der Waals surface area (Å²) in [4.78, 5) is 8.65. The van der Waals surface area contributed by atoms with Crippen LogP contribution in [-0.2, 0) is 0 Å². The zero-order valence-electron chi connectivity index (χ0n) is 13.0. The molecule has 2 fully saturated rings. The van der Waals surface area contributed by atoms with Crippen LogP contribution in [0.1, 0.15) is 51.4 Å². The minimum absolute atomic E-state index is 0.126. The molecule has 2 aliphatic carbocycles. The molecule has 3 aliphatic rings. The van der Waals surface area contributed by atoms with Gasteiger partial charge in [-0.1, -0.05) is 32.1 Å². The number of alkyl halides is 2. The third-order valence-electron chi connectivity index (χ3n) is 5.30. The molecule has 0 amide bonds. The number of nitrogens with zero attached hydrogens (tertiary/aromatic N) is 3. The van der Waals surface area contributed by atoms with Crippen LogP contribution in [0.4, 0.5) is 14.6 Å². The van der Waals surface area contributed by atoms with E-state index in [1.807, 2.05) is 3.97 Å². The Bertz CT molecular complexity index is 604. The first-order valence-corrected chi connectivity index (χ1v) is 9.86. The van der Waals surface area contributed by atoms with Gasteiger partial charge in [0.2, 0.25) is 5.92 Å². The number of aliphatic hydroxyl groups excluding tert-OH is 1. The van der Waals surface area contributed by atoms with Gasteiger partial charge in [0.25, 0.3) is 0 Å². The molecule has 2 heterocycles. The van der Waals surface area contributed by atoms with Crippen molar-refractivity contribution >= 4 is 21.9 Å². The maximum atomic E-state index is 13.3. The highest BCUT2D eigenvalue weighted by Crippen LogP contribution is 2.54. The van der Waals surface area contributed by atoms with Gasteiger partial charge in [0.05, 0.1) is 11.2 Å². The highest BCUT2D eigenvalue weighted by atomic mass is 32.2. The Hall–Kier alpha value is -0.950. The number of hydrogen-bond donors (Lipinski definition) is 2. The molecule has 4 nitrogen and oxygen atoms in total. The second kappa shape index (κ2) is 5.84. The Morgan fingerprint density at radius 2 is 2.04 bits per heavy atom. The molecule has 23 heavy (non-hydrogen) atoms. The van der Waals surface area contributed by atoms with Crippen molar-refractivity contribution in [3.05, 3.63) is 12.5 Å². The number of aromatic nitrogens is 2. The first kappa shape index (κ1) is 15.6. The molecule has 0 spiro atoms. The maximum Gasteiger partial charge on any atom is 0.249 e. The molecule has 2 saturated carbocycles. The summed E-state index contributed by atoms with van der Waals surface area (Å²) in [6.45, 7) is 0. The van der Waals surface area contributed by atoms with E-state index in [1.165, 1.54) is 32.1 Å². The van der Waals surface area contributed by atoms with Gasteiger partial charge >= 0.3 is 0 Å². The largest absolute Gasteiger partial charge is 0.382 e. The van der Waals surface area contributed by atoms with Crippen molar-refractivity contribution in [2.45, 2.75) is 62.7 Å². The van der Waals surface area contributed by atoms with Crippen LogP contribution >= 0.6 is 11.1 Å². The van der Waals surface area contributed by atoms with E-state index >= 15 is 0 Å². The zero-order valence-corrected chi connectivity index (χ0v) is 13.9. The van der Waals surface area contributed by atoms with Gasteiger partial charge in [-0.3, -0.25) is 3.97 Å². The molecule has 1 aliphatic heterocycles. The number of hydrogen-bond acceptors (Lipinski definition) is 3. The topological polar surface area (TPSA) is 50.4 Å². The minimum Gasteiger partial charge on any atom is -0.382 e. The SMILES string of the molecule is OC(CC1CCCCC1)[SH]1C(C2CC(F)(F)C2)=Nc2cncn21. The van der Waals surface area contributed by atoms with Gasteiger partial charge in [0.15, 0.2) is 5.82 Å². The van der Waals surface area contributed by atoms with E-state index < -0.39 is 22.4 Å². The molecule has 0 radical (unpaired) electrons. The average Bonchev–Trinajstić information content (AvgIpc) is 3.05. The van der Waals surface area contributed by atoms with Crippen molar-refractivity contribution in [1.82, 2.24) is 8.96 Å². The van der Waals surface area contributed by atoms with Crippen molar-refractivity contribution < 1.29 is 13.9 Å². The number of rotatable bonds is 4. The van der Waals surface area contributed by atoms with Crippen LogP contribution in [0.25, 0.3) is 0 Å². The molecule has 0 saturated heterocycles. The number of imidazole rings is 1. The van der Waals surface area contributed by atoms with Crippen molar-refractivity contribution in [2.75, 3.05) is 0 Å². The van der Waals surface area contributed by atoms with E-state index in [-0.39, 0.29) is 18.8 Å². The quantitative estimate of drug-likeness (QED) is 0.811. The van der Waals surface area contributed by atoms with Crippen LogP contribution in [0.15, 0.2) is 17.5 Å². The van der Waals surface area contributed by atoms with Crippen LogP contribution in [0, 0.1) is 11.8 Å². The summed E-state index contributed by atoms with van der Waals surface area (Å²) in [5.41, 5.74) is -0.503. The van der Waals surface area contributed by atoms with Gasteiger partial charge in [-0.15, -0.1) is 11.1 Å². The number of fused-ring (bicyclic) bond motifs is 1. The van der Waals surface area contributed by atoms with E-state index in [4.69, 9.17) is 0 Å². The van der Waals surface area contributed by atoms with Gasteiger partial charge in [0.1, 0.15) is 11.8 Å². The molecule has 2 unspecified atom stereocenters. The lowest BCUT2D eigenvalue weighted by molar-refractivity contribution is -0.0902. The molecular formula is C16H23F2N3OS. The third-order valence-corrected chi connectivity index (χ3v) is 7.79. The molecule has 1 N–H and O–H groups in total. The lowest BCUT2D eigenvalue weighted by Crippen LogP contribution is -2.40. The Morgan fingerprint density at radius 3 is 2.74 bits per heavy atom. The van der Waals surface area contributed by atoms with Gasteiger partial charge in [-0.2, -0.15) is 0 Å². The van der Waals surface area contributed by atoms with Gasteiger partial charge in [0, 0.05) is 18.8 Å². The third kappa shape index (κ3) is 2.93. The molecule has 0 bridgehead atoms. The number of aliphatic imine (C=N–C) groups is 1. The molecule has 4 rings (SSSR count). The van der Waals surface area contributed by atoms with E-state index in [9.17, 15) is 13.9 Å². The average molecular weight is 343 g/mol. The van der Waals surface area contributed by atoms with E-state index in [0.29, 0.717) is 11.7 Å². The molecule has 7 heteroatoms. The number of thiol groups is 1. The highest BCUT2D eigenvalue weighted by molar-refractivity contribution is 8.29. The fourth-order valence-electron chi connectivity index (χ4n) is 4.05. The Kier molecular flexibility index (Phi) is 3.96. The monoisotopic (exact) mass is 343 g/mol. The lowest BCUT2D eigenvalue weighted by atomic mass is 9.82. The van der Waals surface area contributed by atoms with E-state index in [2.05, 4.69) is 9.98 Å². The van der Waals surface area contributed by atoms with E-state index in [1.54, 1.807) is 12.5 Å². The normalized spacial score (nSPS) is 30.6. The standard InChI is InChI=1S/C16H23F2N3OS/c17-16(18)7-12(8-16)15-20-13-9-19-10-21(13)23(15)14(22)6-11-4-2-1-3-5-11/h9-12,14,22-23H,1-8H2. The minimum atomic E-state index is -2.56. The van der Waals surface area contributed by atoms with Crippen LogP contribution in [0.2, 0.25) is 0 Å². The first-order valence-electron chi connectivity index (χ1n) is 8.50. The van der Waals surface area contributed by atoms with Crippen molar-refractivity contribution in [2.24, 2.45) is 16.8 Å².